The van der Waals surface area contributed by atoms with Crippen molar-refractivity contribution in [1.29, 1.82) is 0 Å². The van der Waals surface area contributed by atoms with Gasteiger partial charge in [0, 0.05) is 11.8 Å². The molecule has 1 aliphatic rings. The van der Waals surface area contributed by atoms with E-state index < -0.39 is 17.8 Å². The van der Waals surface area contributed by atoms with Crippen LogP contribution in [0.1, 0.15) is 21.5 Å². The molecule has 4 rings (SSSR count). The molecule has 0 atom stereocenters. The summed E-state index contributed by atoms with van der Waals surface area (Å²) in [5, 5.41) is 2.61. The lowest BCUT2D eigenvalue weighted by Crippen LogP contribution is -2.32. The summed E-state index contributed by atoms with van der Waals surface area (Å²) in [6, 6.07) is 16.7. The summed E-state index contributed by atoms with van der Waals surface area (Å²) in [5.41, 5.74) is 2.57. The van der Waals surface area contributed by atoms with Crippen molar-refractivity contribution >= 4 is 40.8 Å². The summed E-state index contributed by atoms with van der Waals surface area (Å²) in [4.78, 5) is 39.6. The maximum absolute atomic E-state index is 13.2. The smallest absolute Gasteiger partial charge is 0.343 e. The Morgan fingerprint density at radius 3 is 2.17 bits per heavy atom. The Labute approximate surface area is 213 Å². The first-order valence-electron chi connectivity index (χ1n) is 10.9. The van der Waals surface area contributed by atoms with Crippen LogP contribution in [0.2, 0.25) is 0 Å². The maximum Gasteiger partial charge on any atom is 0.343 e. The molecule has 0 spiro atoms. The monoisotopic (exact) mass is 506 g/mol. The molecule has 2 amide bonds. The molecule has 9 heteroatoms. The number of nitrogens with one attached hydrogen (secondary N) is 1. The number of aryl methyl sites for hydroxylation is 2. The molecule has 0 aliphatic carbocycles. The van der Waals surface area contributed by atoms with Gasteiger partial charge in [0.05, 0.1) is 25.5 Å². The van der Waals surface area contributed by atoms with Gasteiger partial charge in [0.25, 0.3) is 11.8 Å². The number of methoxy groups -OCH3 is 2. The molecule has 1 heterocycles. The molecular weight excluding hydrogens is 484 g/mol. The average molecular weight is 507 g/mol. The van der Waals surface area contributed by atoms with Crippen LogP contribution in [0.3, 0.4) is 0 Å². The highest BCUT2D eigenvalue weighted by Gasteiger charge is 2.40. The van der Waals surface area contributed by atoms with Gasteiger partial charge in [-0.15, -0.1) is 0 Å². The molecule has 0 bridgehead atoms. The molecule has 1 N–H and O–H groups in total. The number of hydrogen-bond acceptors (Lipinski definition) is 7. The zero-order valence-electron chi connectivity index (χ0n) is 20.0. The topological polar surface area (TPSA) is 94.2 Å². The Balaban J connectivity index is 1.53. The second kappa shape index (κ2) is 10.1. The van der Waals surface area contributed by atoms with Crippen LogP contribution in [0.15, 0.2) is 71.4 Å². The summed E-state index contributed by atoms with van der Waals surface area (Å²) >= 11 is 6.25. The fourth-order valence-electron chi connectivity index (χ4n) is 3.75. The van der Waals surface area contributed by atoms with Crippen molar-refractivity contribution in [2.24, 2.45) is 0 Å². The first-order chi connectivity index (χ1) is 17.2. The number of esters is 1. The van der Waals surface area contributed by atoms with Crippen LogP contribution in [0.5, 0.6) is 17.2 Å². The van der Waals surface area contributed by atoms with Crippen LogP contribution >= 0.6 is 11.6 Å². The van der Waals surface area contributed by atoms with Crippen LogP contribution in [0.25, 0.3) is 0 Å². The normalized spacial score (nSPS) is 13.2. The Morgan fingerprint density at radius 1 is 0.889 bits per heavy atom. The fourth-order valence-corrected chi connectivity index (χ4v) is 3.96. The zero-order valence-corrected chi connectivity index (χ0v) is 20.8. The molecule has 0 radical (unpaired) electrons. The van der Waals surface area contributed by atoms with E-state index in [1.54, 1.807) is 36.4 Å². The number of rotatable bonds is 7. The van der Waals surface area contributed by atoms with Crippen LogP contribution in [-0.4, -0.2) is 32.0 Å². The molecule has 184 valence electrons. The van der Waals surface area contributed by atoms with E-state index in [4.69, 9.17) is 25.8 Å². The second-order valence-corrected chi connectivity index (χ2v) is 8.36. The number of carbonyl (C=O) groups is 3. The molecule has 3 aromatic rings. The summed E-state index contributed by atoms with van der Waals surface area (Å²) in [7, 11) is 2.90. The number of anilines is 2. The SMILES string of the molecule is COc1ccc(OC)c(N2C(=O)C(Cl)=C(Nc3ccc(C(=O)Oc4c(C)cccc4C)cc3)C2=O)c1. The first kappa shape index (κ1) is 24.8. The molecule has 3 aromatic carbocycles. The Hall–Kier alpha value is -4.30. The van der Waals surface area contributed by atoms with E-state index in [0.717, 1.165) is 16.0 Å². The van der Waals surface area contributed by atoms with Crippen molar-refractivity contribution < 1.29 is 28.6 Å². The van der Waals surface area contributed by atoms with Gasteiger partial charge in [0.15, 0.2) is 0 Å². The van der Waals surface area contributed by atoms with Gasteiger partial charge in [-0.2, -0.15) is 0 Å². The van der Waals surface area contributed by atoms with E-state index in [1.807, 2.05) is 32.0 Å². The fraction of sp³-hybridized carbons (Fsp3) is 0.148. The molecular formula is C27H23ClN2O6. The molecule has 0 saturated heterocycles. The van der Waals surface area contributed by atoms with Gasteiger partial charge in [-0.3, -0.25) is 9.59 Å². The number of hydrogen-bond donors (Lipinski definition) is 1. The second-order valence-electron chi connectivity index (χ2n) is 7.99. The van der Waals surface area contributed by atoms with Gasteiger partial charge in [0.2, 0.25) is 0 Å². The van der Waals surface area contributed by atoms with Gasteiger partial charge >= 0.3 is 5.97 Å². The number of amides is 2. The largest absolute Gasteiger partial charge is 0.497 e. The maximum atomic E-state index is 13.2. The van der Waals surface area contributed by atoms with Gasteiger partial charge in [0.1, 0.15) is 28.0 Å². The minimum atomic E-state index is -0.704. The average Bonchev–Trinajstić information content (AvgIpc) is 3.09. The zero-order chi connectivity index (χ0) is 26.0. The number of imide groups is 1. The lowest BCUT2D eigenvalue weighted by Gasteiger charge is -2.19. The molecule has 0 unspecified atom stereocenters. The summed E-state index contributed by atoms with van der Waals surface area (Å²) in [5.74, 6) is -0.619. The van der Waals surface area contributed by atoms with Gasteiger partial charge in [-0.05, 0) is 61.4 Å². The Kier molecular flexibility index (Phi) is 6.98. The van der Waals surface area contributed by atoms with Crippen molar-refractivity contribution in [2.45, 2.75) is 13.8 Å². The third-order valence-electron chi connectivity index (χ3n) is 5.65. The van der Waals surface area contributed by atoms with Crippen LogP contribution in [0, 0.1) is 13.8 Å². The Bertz CT molecular complexity index is 1380. The molecule has 1 aliphatic heterocycles. The molecule has 36 heavy (non-hydrogen) atoms. The minimum Gasteiger partial charge on any atom is -0.497 e. The van der Waals surface area contributed by atoms with Gasteiger partial charge < -0.3 is 19.5 Å². The number of benzene rings is 3. The van der Waals surface area contributed by atoms with E-state index in [1.165, 1.54) is 20.3 Å². The Morgan fingerprint density at radius 2 is 1.56 bits per heavy atom. The van der Waals surface area contributed by atoms with Crippen LogP contribution < -0.4 is 24.4 Å². The van der Waals surface area contributed by atoms with Crippen molar-refractivity contribution in [1.82, 2.24) is 0 Å². The number of halogens is 1. The van der Waals surface area contributed by atoms with Crippen molar-refractivity contribution in [3.63, 3.8) is 0 Å². The highest BCUT2D eigenvalue weighted by Crippen LogP contribution is 2.38. The summed E-state index contributed by atoms with van der Waals surface area (Å²) in [6.45, 7) is 3.73. The number of para-hydroxylation sites is 1. The number of carbonyl (C=O) groups excluding carboxylic acids is 3. The van der Waals surface area contributed by atoms with E-state index >= 15 is 0 Å². The molecule has 0 saturated carbocycles. The predicted octanol–water partition coefficient (Wildman–Crippen LogP) is 4.98. The summed E-state index contributed by atoms with van der Waals surface area (Å²) in [6.07, 6.45) is 0. The van der Waals surface area contributed by atoms with E-state index in [2.05, 4.69) is 5.32 Å². The van der Waals surface area contributed by atoms with E-state index in [0.29, 0.717) is 28.5 Å². The standard InChI is InChI=1S/C27H23ClN2O6/c1-15-6-5-7-16(2)24(15)36-27(33)17-8-10-18(11-9-17)29-23-22(28)25(31)30(26(23)32)20-14-19(34-3)12-13-21(20)35-4/h5-14,29H,1-4H3. The van der Waals surface area contributed by atoms with E-state index in [9.17, 15) is 14.4 Å². The quantitative estimate of drug-likeness (QED) is 0.274. The van der Waals surface area contributed by atoms with E-state index in [-0.39, 0.29) is 16.4 Å². The van der Waals surface area contributed by atoms with Crippen LogP contribution in [0.4, 0.5) is 11.4 Å². The van der Waals surface area contributed by atoms with Crippen LogP contribution in [-0.2, 0) is 9.59 Å². The molecule has 0 fully saturated rings. The number of nitrogens with zero attached hydrogens (tertiary/aromatic N) is 1. The molecule has 8 nitrogen and oxygen atoms in total. The first-order valence-corrected chi connectivity index (χ1v) is 11.3. The predicted molar refractivity (Wildman–Crippen MR) is 136 cm³/mol. The summed E-state index contributed by atoms with van der Waals surface area (Å²) < 4.78 is 16.1. The number of ether oxygens (including phenoxy) is 3. The highest BCUT2D eigenvalue weighted by atomic mass is 35.5. The molecule has 0 aromatic heterocycles. The van der Waals surface area contributed by atoms with Crippen molar-refractivity contribution in [2.75, 3.05) is 24.4 Å². The van der Waals surface area contributed by atoms with Gasteiger partial charge in [-0.1, -0.05) is 29.8 Å². The highest BCUT2D eigenvalue weighted by molar-refractivity contribution is 6.53. The lowest BCUT2D eigenvalue weighted by molar-refractivity contribution is -0.120. The van der Waals surface area contributed by atoms with Crippen molar-refractivity contribution in [3.05, 3.63) is 88.1 Å². The minimum absolute atomic E-state index is 0.0996. The third-order valence-corrected chi connectivity index (χ3v) is 6.00. The third kappa shape index (κ3) is 4.63. The lowest BCUT2D eigenvalue weighted by atomic mass is 10.1. The van der Waals surface area contributed by atoms with Gasteiger partial charge in [-0.25, -0.2) is 9.69 Å². The van der Waals surface area contributed by atoms with Crippen molar-refractivity contribution in [3.8, 4) is 17.2 Å².